The zero-order valence-corrected chi connectivity index (χ0v) is 9.41. The van der Waals surface area contributed by atoms with Crippen molar-refractivity contribution in [2.45, 2.75) is 12.2 Å². The Bertz CT molecular complexity index is 347. The molecule has 0 saturated carbocycles. The van der Waals surface area contributed by atoms with Crippen LogP contribution >= 0.6 is 0 Å². The van der Waals surface area contributed by atoms with E-state index < -0.39 is 24.0 Å². The van der Waals surface area contributed by atoms with E-state index in [1.165, 1.54) is 12.2 Å². The van der Waals surface area contributed by atoms with Gasteiger partial charge in [0.05, 0.1) is 37.2 Å². The molecule has 2 unspecified atom stereocenters. The van der Waals surface area contributed by atoms with E-state index in [0.29, 0.717) is 0 Å². The normalized spacial score (nSPS) is 36.2. The van der Waals surface area contributed by atoms with Gasteiger partial charge in [0.25, 0.3) is 0 Å². The van der Waals surface area contributed by atoms with E-state index in [2.05, 4.69) is 13.2 Å². The number of fused-ring (bicyclic) bond motifs is 1. The molecule has 5 nitrogen and oxygen atoms in total. The fraction of sp³-hybridized carbons (Fsp3) is 0.500. The predicted octanol–water partition coefficient (Wildman–Crippen LogP) is -0.281. The molecule has 2 rings (SSSR count). The topological polar surface area (TPSA) is 66.8 Å². The van der Waals surface area contributed by atoms with Crippen LogP contribution in [0.3, 0.4) is 0 Å². The van der Waals surface area contributed by atoms with E-state index in [0.717, 1.165) is 4.90 Å². The Morgan fingerprint density at radius 3 is 2.00 bits per heavy atom. The first-order valence-electron chi connectivity index (χ1n) is 5.52. The zero-order chi connectivity index (χ0) is 12.6. The Labute approximate surface area is 99.4 Å². The Hall–Kier alpha value is -1.46. The number of aliphatic hydroxyl groups is 1. The first-order chi connectivity index (χ1) is 8.15. The molecule has 0 aromatic rings. The number of amides is 2. The molecule has 92 valence electrons. The number of β-amino-alcohol motifs (C(OH)–C–C–N with tert-alkyl or cyclic N) is 1. The maximum absolute atomic E-state index is 12.1. The Balaban J connectivity index is 2.32. The highest BCUT2D eigenvalue weighted by Crippen LogP contribution is 2.41. The lowest BCUT2D eigenvalue weighted by molar-refractivity contribution is -0.143. The Morgan fingerprint density at radius 2 is 1.65 bits per heavy atom. The zero-order valence-electron chi connectivity index (χ0n) is 9.41. The lowest BCUT2D eigenvalue weighted by Crippen LogP contribution is -2.37. The van der Waals surface area contributed by atoms with Crippen molar-refractivity contribution >= 4 is 11.8 Å². The molecule has 1 N–H and O–H groups in total. The minimum absolute atomic E-state index is 0.0401. The van der Waals surface area contributed by atoms with Gasteiger partial charge in [0.1, 0.15) is 0 Å². The number of nitrogens with zero attached hydrogens (tertiary/aromatic N) is 1. The summed E-state index contributed by atoms with van der Waals surface area (Å²) in [5.41, 5.74) is 0. The second-order valence-corrected chi connectivity index (χ2v) is 4.14. The maximum atomic E-state index is 12.1. The number of imide groups is 1. The molecular formula is C12H15NO4. The van der Waals surface area contributed by atoms with Gasteiger partial charge in [-0.1, -0.05) is 12.2 Å². The highest BCUT2D eigenvalue weighted by molar-refractivity contribution is 6.06. The standard InChI is InChI=1S/C12H15NO4/c1-3-7-9-10(8(4-2)17-7)12(16)13(5-6-14)11(9)15/h3-4,7-10,14H,1-2,5-6H2/t7?,8?,9-,10+. The van der Waals surface area contributed by atoms with E-state index in [9.17, 15) is 9.59 Å². The van der Waals surface area contributed by atoms with Crippen LogP contribution in [0.15, 0.2) is 25.3 Å². The SMILES string of the molecule is C=CC1OC(C=C)[C@@H]2C(=O)N(CCO)C(=O)[C@H]12. The monoisotopic (exact) mass is 237 g/mol. The van der Waals surface area contributed by atoms with Crippen LogP contribution < -0.4 is 0 Å². The third kappa shape index (κ3) is 1.62. The van der Waals surface area contributed by atoms with Crippen LogP contribution in [0.5, 0.6) is 0 Å². The summed E-state index contributed by atoms with van der Waals surface area (Å²) in [5.74, 6) is -1.62. The van der Waals surface area contributed by atoms with Gasteiger partial charge in [0.15, 0.2) is 0 Å². The molecule has 2 saturated heterocycles. The van der Waals surface area contributed by atoms with Crippen LogP contribution in [0.2, 0.25) is 0 Å². The Kier molecular flexibility index (Phi) is 3.13. The van der Waals surface area contributed by atoms with Gasteiger partial charge < -0.3 is 9.84 Å². The van der Waals surface area contributed by atoms with Gasteiger partial charge in [-0.15, -0.1) is 13.2 Å². The van der Waals surface area contributed by atoms with Gasteiger partial charge in [0.2, 0.25) is 11.8 Å². The summed E-state index contributed by atoms with van der Waals surface area (Å²) >= 11 is 0. The van der Waals surface area contributed by atoms with Crippen LogP contribution in [-0.4, -0.2) is 47.2 Å². The molecule has 0 aliphatic carbocycles. The Morgan fingerprint density at radius 1 is 1.18 bits per heavy atom. The lowest BCUT2D eigenvalue weighted by atomic mass is 9.89. The van der Waals surface area contributed by atoms with Crippen molar-refractivity contribution in [3.8, 4) is 0 Å². The lowest BCUT2D eigenvalue weighted by Gasteiger charge is -2.18. The molecule has 0 radical (unpaired) electrons. The molecule has 0 aromatic carbocycles. The first-order valence-corrected chi connectivity index (χ1v) is 5.52. The second-order valence-electron chi connectivity index (χ2n) is 4.14. The third-order valence-corrected chi connectivity index (χ3v) is 3.30. The fourth-order valence-electron chi connectivity index (χ4n) is 2.54. The average Bonchev–Trinajstić information content (AvgIpc) is 2.82. The molecule has 2 aliphatic heterocycles. The van der Waals surface area contributed by atoms with Crippen LogP contribution in [0, 0.1) is 11.8 Å². The number of hydrogen-bond acceptors (Lipinski definition) is 4. The summed E-state index contributed by atoms with van der Waals surface area (Å²) in [6.07, 6.45) is 2.16. The molecule has 2 heterocycles. The van der Waals surface area contributed by atoms with Crippen molar-refractivity contribution < 1.29 is 19.4 Å². The number of likely N-dealkylation sites (tertiary alicyclic amines) is 1. The van der Waals surface area contributed by atoms with Crippen LogP contribution in [0.1, 0.15) is 0 Å². The quantitative estimate of drug-likeness (QED) is 0.539. The van der Waals surface area contributed by atoms with Gasteiger partial charge in [-0.2, -0.15) is 0 Å². The van der Waals surface area contributed by atoms with Crippen LogP contribution in [0.4, 0.5) is 0 Å². The fourth-order valence-corrected chi connectivity index (χ4v) is 2.54. The van der Waals surface area contributed by atoms with Crippen molar-refractivity contribution in [2.24, 2.45) is 11.8 Å². The number of ether oxygens (including phenoxy) is 1. The number of rotatable bonds is 4. The number of aliphatic hydroxyl groups excluding tert-OH is 1. The minimum Gasteiger partial charge on any atom is -0.395 e. The molecular weight excluding hydrogens is 222 g/mol. The second kappa shape index (κ2) is 4.43. The van der Waals surface area contributed by atoms with E-state index in [-0.39, 0.29) is 25.0 Å². The van der Waals surface area contributed by atoms with Crippen molar-refractivity contribution in [1.29, 1.82) is 0 Å². The van der Waals surface area contributed by atoms with Gasteiger partial charge in [-0.25, -0.2) is 0 Å². The smallest absolute Gasteiger partial charge is 0.236 e. The van der Waals surface area contributed by atoms with E-state index in [4.69, 9.17) is 9.84 Å². The van der Waals surface area contributed by atoms with Crippen molar-refractivity contribution in [2.75, 3.05) is 13.2 Å². The van der Waals surface area contributed by atoms with Crippen molar-refractivity contribution in [3.63, 3.8) is 0 Å². The molecule has 2 fully saturated rings. The van der Waals surface area contributed by atoms with Gasteiger partial charge in [-0.3, -0.25) is 14.5 Å². The predicted molar refractivity (Wildman–Crippen MR) is 59.8 cm³/mol. The highest BCUT2D eigenvalue weighted by Gasteiger charge is 2.58. The van der Waals surface area contributed by atoms with Crippen molar-refractivity contribution in [3.05, 3.63) is 25.3 Å². The number of carbonyl (C=O) groups is 2. The molecule has 0 bridgehead atoms. The maximum Gasteiger partial charge on any atom is 0.236 e. The molecule has 0 spiro atoms. The van der Waals surface area contributed by atoms with Gasteiger partial charge in [0, 0.05) is 0 Å². The van der Waals surface area contributed by atoms with E-state index in [1.807, 2.05) is 0 Å². The molecule has 2 amide bonds. The molecule has 5 heteroatoms. The molecule has 2 aliphatic rings. The highest BCUT2D eigenvalue weighted by atomic mass is 16.5. The summed E-state index contributed by atoms with van der Waals surface area (Å²) in [6.45, 7) is 7.04. The summed E-state index contributed by atoms with van der Waals surface area (Å²) in [4.78, 5) is 25.2. The van der Waals surface area contributed by atoms with Crippen molar-refractivity contribution in [1.82, 2.24) is 4.90 Å². The summed E-state index contributed by atoms with van der Waals surface area (Å²) in [6, 6.07) is 0. The largest absolute Gasteiger partial charge is 0.395 e. The summed E-state index contributed by atoms with van der Waals surface area (Å²) < 4.78 is 5.53. The van der Waals surface area contributed by atoms with Crippen LogP contribution in [-0.2, 0) is 14.3 Å². The van der Waals surface area contributed by atoms with Gasteiger partial charge in [-0.05, 0) is 0 Å². The van der Waals surface area contributed by atoms with E-state index in [1.54, 1.807) is 0 Å². The third-order valence-electron chi connectivity index (χ3n) is 3.30. The molecule has 17 heavy (non-hydrogen) atoms. The minimum atomic E-state index is -0.519. The summed E-state index contributed by atoms with van der Waals surface area (Å²) in [5, 5.41) is 8.85. The van der Waals surface area contributed by atoms with Crippen LogP contribution in [0.25, 0.3) is 0 Å². The average molecular weight is 237 g/mol. The molecule has 4 atom stereocenters. The molecule has 0 aromatic heterocycles. The van der Waals surface area contributed by atoms with E-state index >= 15 is 0 Å². The van der Waals surface area contributed by atoms with Gasteiger partial charge >= 0.3 is 0 Å². The number of hydrogen-bond donors (Lipinski definition) is 1. The number of carbonyl (C=O) groups excluding carboxylic acids is 2. The summed E-state index contributed by atoms with van der Waals surface area (Å²) in [7, 11) is 0. The first kappa shape index (κ1) is 12.0.